The van der Waals surface area contributed by atoms with Gasteiger partial charge in [0.1, 0.15) is 0 Å². The molecule has 3 aromatic carbocycles. The van der Waals surface area contributed by atoms with Crippen molar-refractivity contribution in [3.63, 3.8) is 0 Å². The van der Waals surface area contributed by atoms with Crippen molar-refractivity contribution >= 4 is 0 Å². The second-order valence-electron chi connectivity index (χ2n) is 6.44. The average molecular weight is 431 g/mol. The van der Waals surface area contributed by atoms with Crippen LogP contribution in [0.4, 0.5) is 0 Å². The first kappa shape index (κ1) is 19.6. The van der Waals surface area contributed by atoms with Gasteiger partial charge in [0.15, 0.2) is 0 Å². The second kappa shape index (κ2) is 7.24. The minimum atomic E-state index is 0. The molecule has 0 nitrogen and oxygen atoms in total. The van der Waals surface area contributed by atoms with Crippen LogP contribution in [0.5, 0.6) is 0 Å². The van der Waals surface area contributed by atoms with Gasteiger partial charge in [0.05, 0.1) is 0 Å². The summed E-state index contributed by atoms with van der Waals surface area (Å²) in [5, 5.41) is 0. The Labute approximate surface area is 175 Å². The predicted molar refractivity (Wildman–Crippen MR) is 87.0 cm³/mol. The molecule has 3 aromatic rings. The van der Waals surface area contributed by atoms with E-state index in [1.165, 1.54) is 28.7 Å². The largest absolute Gasteiger partial charge is 3.00 e. The summed E-state index contributed by atoms with van der Waals surface area (Å²) < 4.78 is 0. The molecular weight excluding hydrogens is 414 g/mol. The van der Waals surface area contributed by atoms with Crippen molar-refractivity contribution in [2.75, 3.05) is 0 Å². The molecule has 5 rings (SSSR count). The molecule has 0 fully saturated rings. The van der Waals surface area contributed by atoms with E-state index in [9.17, 15) is 0 Å². The van der Waals surface area contributed by atoms with Crippen molar-refractivity contribution in [2.45, 2.75) is 25.2 Å². The number of halogens is 2. The molecule has 2 aliphatic carbocycles. The summed E-state index contributed by atoms with van der Waals surface area (Å²) in [6, 6.07) is 22.5. The van der Waals surface area contributed by atoms with Gasteiger partial charge in [0.2, 0.25) is 0 Å². The maximum atomic E-state index is 2.37. The van der Waals surface area contributed by atoms with Gasteiger partial charge in [-0.15, -0.1) is 0 Å². The monoisotopic (exact) mass is 429 g/mol. The maximum Gasteiger partial charge on any atom is 3.00 e. The van der Waals surface area contributed by atoms with Crippen LogP contribution in [0.25, 0.3) is 11.1 Å². The number of hydrogen-bond acceptors (Lipinski definition) is 0. The summed E-state index contributed by atoms with van der Waals surface area (Å²) in [7, 11) is 0. The van der Waals surface area contributed by atoms with Crippen LogP contribution < -0.4 is 24.8 Å². The van der Waals surface area contributed by atoms with Gasteiger partial charge in [-0.3, -0.25) is 0 Å². The molecule has 0 heterocycles. The molecule has 1 atom stereocenters. The molecule has 0 bridgehead atoms. The van der Waals surface area contributed by atoms with Gasteiger partial charge in [-0.1, -0.05) is 67.8 Å². The van der Waals surface area contributed by atoms with Crippen LogP contribution in [0.2, 0.25) is 0 Å². The second-order valence-corrected chi connectivity index (χ2v) is 6.44. The van der Waals surface area contributed by atoms with E-state index in [1.54, 1.807) is 16.7 Å². The Morgan fingerprint density at radius 3 is 1.83 bits per heavy atom. The Balaban J connectivity index is 0.000000694. The van der Waals surface area contributed by atoms with Crippen LogP contribution in [0.1, 0.15) is 46.6 Å². The van der Waals surface area contributed by atoms with Crippen LogP contribution in [-0.4, -0.2) is 0 Å². The molecule has 1 radical (unpaired) electrons. The molecule has 2 aliphatic rings. The van der Waals surface area contributed by atoms with Gasteiger partial charge in [-0.25, -0.2) is 6.07 Å². The third-order valence-electron chi connectivity index (χ3n) is 5.33. The number of hydrogen-bond donors (Lipinski definition) is 0. The standard InChI is InChI=1S/C21H17.2ClH.Zr/c1-13-12-20-14(13)10-11-19(20)21-17-8-4-2-6-15(17)16-7-3-5-9-18(16)21;;;/h2-11,13,21H,12H2,1H3;2*1H;/q-1;;;+3/p-2. The first-order valence-electron chi connectivity index (χ1n) is 7.81. The normalized spacial score (nSPS) is 16.5. The van der Waals surface area contributed by atoms with Crippen LogP contribution in [0.15, 0.2) is 60.7 Å². The predicted octanol–water partition coefficient (Wildman–Crippen LogP) is -0.769. The quantitative estimate of drug-likeness (QED) is 0.348. The molecule has 1 unspecified atom stereocenters. The first-order chi connectivity index (χ1) is 10.3. The van der Waals surface area contributed by atoms with E-state index in [0.717, 1.165) is 5.92 Å². The zero-order valence-electron chi connectivity index (χ0n) is 13.4. The van der Waals surface area contributed by atoms with E-state index < -0.39 is 0 Å². The topological polar surface area (TPSA) is 0 Å². The average Bonchev–Trinajstić information content (AvgIpc) is 3.02. The van der Waals surface area contributed by atoms with Crippen LogP contribution in [-0.2, 0) is 32.6 Å². The summed E-state index contributed by atoms with van der Waals surface area (Å²) >= 11 is 0. The molecule has 0 aromatic heterocycles. The molecule has 0 aliphatic heterocycles. The first-order valence-corrected chi connectivity index (χ1v) is 7.81. The fourth-order valence-corrected chi connectivity index (χ4v) is 4.29. The Morgan fingerprint density at radius 2 is 1.33 bits per heavy atom. The van der Waals surface area contributed by atoms with Gasteiger partial charge in [0.25, 0.3) is 0 Å². The molecule has 0 N–H and O–H groups in total. The molecule has 0 saturated heterocycles. The van der Waals surface area contributed by atoms with Crippen LogP contribution in [0, 0.1) is 0 Å². The van der Waals surface area contributed by atoms with E-state index in [1.807, 2.05) is 0 Å². The molecule has 3 heteroatoms. The number of rotatable bonds is 1. The summed E-state index contributed by atoms with van der Waals surface area (Å²) in [5.74, 6) is 1.19. The SMILES string of the molecule is CC1Cc2c(C3c4ccccc4-c4ccccc43)cc[c-]21.[Cl-].[Cl-].[Zr+3]. The number of benzene rings is 2. The molecule has 0 saturated carbocycles. The van der Waals surface area contributed by atoms with E-state index in [2.05, 4.69) is 67.6 Å². The van der Waals surface area contributed by atoms with Gasteiger partial charge in [-0.05, 0) is 28.2 Å². The van der Waals surface area contributed by atoms with Gasteiger partial charge < -0.3 is 24.8 Å². The maximum absolute atomic E-state index is 2.37. The minimum Gasteiger partial charge on any atom is -1.00 e. The molecule has 24 heavy (non-hydrogen) atoms. The van der Waals surface area contributed by atoms with Crippen molar-refractivity contribution in [3.8, 4) is 11.1 Å². The van der Waals surface area contributed by atoms with E-state index in [0.29, 0.717) is 5.92 Å². The molecule has 0 amide bonds. The smallest absolute Gasteiger partial charge is 1.00 e. The third-order valence-corrected chi connectivity index (χ3v) is 5.33. The van der Waals surface area contributed by atoms with Crippen molar-refractivity contribution < 1.29 is 51.0 Å². The number of fused-ring (bicyclic) bond motifs is 4. The Morgan fingerprint density at radius 1 is 0.792 bits per heavy atom. The Kier molecular flexibility index (Phi) is 5.91. The van der Waals surface area contributed by atoms with Gasteiger partial charge in [-0.2, -0.15) is 22.8 Å². The van der Waals surface area contributed by atoms with Crippen LogP contribution in [0.3, 0.4) is 0 Å². The van der Waals surface area contributed by atoms with E-state index in [4.69, 9.17) is 0 Å². The van der Waals surface area contributed by atoms with Crippen molar-refractivity contribution in [2.24, 2.45) is 0 Å². The fourth-order valence-electron chi connectivity index (χ4n) is 4.29. The molecular formula is C21H17Cl2Zr. The van der Waals surface area contributed by atoms with Crippen LogP contribution >= 0.6 is 0 Å². The Hall–Kier alpha value is -0.747. The van der Waals surface area contributed by atoms with E-state index in [-0.39, 0.29) is 51.0 Å². The zero-order valence-corrected chi connectivity index (χ0v) is 17.4. The molecule has 119 valence electrons. The zero-order chi connectivity index (χ0) is 14.0. The minimum absolute atomic E-state index is 0. The van der Waals surface area contributed by atoms with Crippen molar-refractivity contribution in [1.82, 2.24) is 0 Å². The van der Waals surface area contributed by atoms with Crippen molar-refractivity contribution in [1.29, 1.82) is 0 Å². The molecule has 0 spiro atoms. The fraction of sp³-hybridized carbons (Fsp3) is 0.190. The van der Waals surface area contributed by atoms with Crippen molar-refractivity contribution in [3.05, 3.63) is 88.5 Å². The summed E-state index contributed by atoms with van der Waals surface area (Å²) in [6.45, 7) is 2.34. The van der Waals surface area contributed by atoms with E-state index >= 15 is 0 Å². The summed E-state index contributed by atoms with van der Waals surface area (Å²) in [4.78, 5) is 0. The van der Waals surface area contributed by atoms with Gasteiger partial charge in [0, 0.05) is 0 Å². The van der Waals surface area contributed by atoms with Gasteiger partial charge >= 0.3 is 26.2 Å². The Bertz CT molecular complexity index is 820. The summed E-state index contributed by atoms with van der Waals surface area (Å²) in [5.41, 5.74) is 10.5. The third kappa shape index (κ3) is 2.57. The summed E-state index contributed by atoms with van der Waals surface area (Å²) in [6.07, 6.45) is 1.25.